The van der Waals surface area contributed by atoms with Crippen molar-refractivity contribution in [2.45, 2.75) is 38.6 Å². The summed E-state index contributed by atoms with van der Waals surface area (Å²) in [7, 11) is 0. The molecule has 2 N–H and O–H groups in total. The molecule has 3 heterocycles. The molecule has 2 aliphatic heterocycles. The third-order valence-electron chi connectivity index (χ3n) is 5.62. The normalized spacial score (nSPS) is 18.2. The van der Waals surface area contributed by atoms with Crippen LogP contribution < -0.4 is 15.5 Å². The van der Waals surface area contributed by atoms with E-state index in [1.165, 1.54) is 0 Å². The zero-order valence-corrected chi connectivity index (χ0v) is 16.0. The second-order valence-electron chi connectivity index (χ2n) is 7.52. The van der Waals surface area contributed by atoms with E-state index in [-0.39, 0.29) is 23.8 Å². The van der Waals surface area contributed by atoms with Crippen LogP contribution in [0.25, 0.3) is 0 Å². The van der Waals surface area contributed by atoms with Gasteiger partial charge < -0.3 is 15.5 Å². The maximum Gasteiger partial charge on any atom is 0.224 e. The van der Waals surface area contributed by atoms with Gasteiger partial charge in [-0.05, 0) is 43.4 Å². The first-order valence-corrected chi connectivity index (χ1v) is 9.84. The monoisotopic (exact) mass is 379 g/mol. The number of nitrogens with zero attached hydrogens (tertiary/aromatic N) is 3. The van der Waals surface area contributed by atoms with Crippen molar-refractivity contribution in [1.29, 1.82) is 0 Å². The van der Waals surface area contributed by atoms with Gasteiger partial charge in [-0.3, -0.25) is 14.6 Å². The molecule has 4 rings (SSSR count). The summed E-state index contributed by atoms with van der Waals surface area (Å²) in [6, 6.07) is 5.94. The number of amides is 2. The predicted molar refractivity (Wildman–Crippen MR) is 107 cm³/mol. The molecule has 0 saturated carbocycles. The zero-order valence-electron chi connectivity index (χ0n) is 16.0. The Labute approximate surface area is 164 Å². The summed E-state index contributed by atoms with van der Waals surface area (Å²) < 4.78 is 0. The molecule has 2 aliphatic rings. The summed E-state index contributed by atoms with van der Waals surface area (Å²) in [6.45, 7) is 3.63. The van der Waals surface area contributed by atoms with Crippen molar-refractivity contribution in [2.75, 3.05) is 23.3 Å². The molecule has 0 spiro atoms. The third kappa shape index (κ3) is 3.98. The lowest BCUT2D eigenvalue weighted by Gasteiger charge is -2.32. The van der Waals surface area contributed by atoms with E-state index in [0.29, 0.717) is 6.42 Å². The van der Waals surface area contributed by atoms with Crippen LogP contribution in [-0.2, 0) is 16.0 Å². The molecule has 0 aliphatic carbocycles. The summed E-state index contributed by atoms with van der Waals surface area (Å²) >= 11 is 0. The first-order valence-electron chi connectivity index (χ1n) is 9.84. The highest BCUT2D eigenvalue weighted by Gasteiger charge is 2.27. The first kappa shape index (κ1) is 18.4. The molecule has 28 heavy (non-hydrogen) atoms. The van der Waals surface area contributed by atoms with Crippen molar-refractivity contribution in [2.24, 2.45) is 5.92 Å². The molecular formula is C21H25N5O2. The van der Waals surface area contributed by atoms with E-state index in [1.54, 1.807) is 18.6 Å². The fourth-order valence-corrected chi connectivity index (χ4v) is 3.91. The van der Waals surface area contributed by atoms with Gasteiger partial charge in [-0.1, -0.05) is 12.1 Å². The molecular weight excluding hydrogens is 354 g/mol. The molecule has 1 atom stereocenters. The van der Waals surface area contributed by atoms with Gasteiger partial charge in [0.25, 0.3) is 0 Å². The van der Waals surface area contributed by atoms with Crippen LogP contribution in [0.3, 0.4) is 0 Å². The summed E-state index contributed by atoms with van der Waals surface area (Å²) in [4.78, 5) is 34.9. The van der Waals surface area contributed by atoms with Crippen LogP contribution in [0.15, 0.2) is 36.8 Å². The standard InChI is InChI=1S/C21H25N5O2/c1-14(16-2-4-18-17(12-16)3-5-20(27)25-18)24-21(28)15-6-10-26(11-7-15)19-13-22-8-9-23-19/h2,4,8-9,12-15H,3,5-7,10-11H2,1H3,(H,24,28)(H,25,27)/t14-/m0/s1. The van der Waals surface area contributed by atoms with Gasteiger partial charge in [0.05, 0.1) is 12.2 Å². The highest BCUT2D eigenvalue weighted by atomic mass is 16.2. The number of aryl methyl sites for hydroxylation is 1. The second kappa shape index (κ2) is 7.96. The fourth-order valence-electron chi connectivity index (χ4n) is 3.91. The van der Waals surface area contributed by atoms with Crippen molar-refractivity contribution >= 4 is 23.3 Å². The van der Waals surface area contributed by atoms with Crippen molar-refractivity contribution in [3.05, 3.63) is 47.9 Å². The van der Waals surface area contributed by atoms with Crippen molar-refractivity contribution in [3.63, 3.8) is 0 Å². The lowest BCUT2D eigenvalue weighted by atomic mass is 9.94. The van der Waals surface area contributed by atoms with Gasteiger partial charge in [0.1, 0.15) is 5.82 Å². The molecule has 1 aromatic carbocycles. The molecule has 7 heteroatoms. The van der Waals surface area contributed by atoms with E-state index in [1.807, 2.05) is 19.1 Å². The molecule has 2 amide bonds. The number of fused-ring (bicyclic) bond motifs is 1. The molecule has 1 saturated heterocycles. The van der Waals surface area contributed by atoms with Crippen LogP contribution in [0.5, 0.6) is 0 Å². The predicted octanol–water partition coefficient (Wildman–Crippen LogP) is 2.46. The number of nitrogens with one attached hydrogen (secondary N) is 2. The van der Waals surface area contributed by atoms with Gasteiger partial charge in [0.15, 0.2) is 0 Å². The molecule has 0 bridgehead atoms. The number of anilines is 2. The van der Waals surface area contributed by atoms with E-state index in [4.69, 9.17) is 0 Å². The number of hydrogen-bond acceptors (Lipinski definition) is 5. The van der Waals surface area contributed by atoms with Crippen LogP contribution in [0.1, 0.15) is 43.4 Å². The molecule has 0 unspecified atom stereocenters. The largest absolute Gasteiger partial charge is 0.355 e. The number of aromatic nitrogens is 2. The molecule has 2 aromatic rings. The van der Waals surface area contributed by atoms with Crippen LogP contribution in [0.4, 0.5) is 11.5 Å². The Balaban J connectivity index is 1.33. The molecule has 1 aromatic heterocycles. The minimum Gasteiger partial charge on any atom is -0.355 e. The molecule has 7 nitrogen and oxygen atoms in total. The SMILES string of the molecule is C[C@H](NC(=O)C1CCN(c2cnccn2)CC1)c1ccc2c(c1)CCC(=O)N2. The van der Waals surface area contributed by atoms with E-state index < -0.39 is 0 Å². The summed E-state index contributed by atoms with van der Waals surface area (Å²) in [5, 5.41) is 6.06. The number of benzene rings is 1. The number of hydrogen-bond donors (Lipinski definition) is 2. The van der Waals surface area contributed by atoms with Crippen molar-refractivity contribution in [3.8, 4) is 0 Å². The highest BCUT2D eigenvalue weighted by molar-refractivity contribution is 5.93. The third-order valence-corrected chi connectivity index (χ3v) is 5.62. The van der Waals surface area contributed by atoms with E-state index >= 15 is 0 Å². The number of carbonyl (C=O) groups excluding carboxylic acids is 2. The number of piperidine rings is 1. The maximum absolute atomic E-state index is 12.7. The smallest absolute Gasteiger partial charge is 0.224 e. The van der Waals surface area contributed by atoms with Crippen LogP contribution in [0.2, 0.25) is 0 Å². The van der Waals surface area contributed by atoms with Gasteiger partial charge >= 0.3 is 0 Å². The molecule has 1 fully saturated rings. The van der Waals surface area contributed by atoms with E-state index in [0.717, 1.165) is 55.0 Å². The van der Waals surface area contributed by atoms with Crippen molar-refractivity contribution < 1.29 is 9.59 Å². The lowest BCUT2D eigenvalue weighted by molar-refractivity contribution is -0.126. The van der Waals surface area contributed by atoms with E-state index in [2.05, 4.69) is 31.6 Å². The number of carbonyl (C=O) groups is 2. The minimum atomic E-state index is -0.0616. The summed E-state index contributed by atoms with van der Waals surface area (Å²) in [6.07, 6.45) is 8.01. The fraction of sp³-hybridized carbons (Fsp3) is 0.429. The Morgan fingerprint density at radius 3 is 2.82 bits per heavy atom. The average Bonchev–Trinajstić information content (AvgIpc) is 2.74. The van der Waals surface area contributed by atoms with Crippen LogP contribution >= 0.6 is 0 Å². The van der Waals surface area contributed by atoms with Crippen LogP contribution in [-0.4, -0.2) is 34.9 Å². The second-order valence-corrected chi connectivity index (χ2v) is 7.52. The van der Waals surface area contributed by atoms with Crippen molar-refractivity contribution in [1.82, 2.24) is 15.3 Å². The van der Waals surface area contributed by atoms with Gasteiger partial charge in [0.2, 0.25) is 11.8 Å². The Bertz CT molecular complexity index is 862. The first-order chi connectivity index (χ1) is 13.6. The van der Waals surface area contributed by atoms with Gasteiger partial charge in [0, 0.05) is 43.5 Å². The average molecular weight is 379 g/mol. The Kier molecular flexibility index (Phi) is 5.23. The van der Waals surface area contributed by atoms with Gasteiger partial charge in [-0.2, -0.15) is 0 Å². The molecule has 146 valence electrons. The van der Waals surface area contributed by atoms with Gasteiger partial charge in [-0.15, -0.1) is 0 Å². The highest BCUT2D eigenvalue weighted by Crippen LogP contribution is 2.27. The molecule has 0 radical (unpaired) electrons. The summed E-state index contributed by atoms with van der Waals surface area (Å²) in [5.74, 6) is 1.06. The quantitative estimate of drug-likeness (QED) is 0.852. The Hall–Kier alpha value is -2.96. The van der Waals surface area contributed by atoms with Gasteiger partial charge in [-0.25, -0.2) is 4.98 Å². The topological polar surface area (TPSA) is 87.2 Å². The number of rotatable bonds is 4. The van der Waals surface area contributed by atoms with E-state index in [9.17, 15) is 9.59 Å². The Morgan fingerprint density at radius 1 is 1.25 bits per heavy atom. The van der Waals surface area contributed by atoms with Crippen LogP contribution in [0, 0.1) is 5.92 Å². The Morgan fingerprint density at radius 2 is 2.07 bits per heavy atom. The zero-order chi connectivity index (χ0) is 19.5. The maximum atomic E-state index is 12.7. The summed E-state index contributed by atoms with van der Waals surface area (Å²) in [5.41, 5.74) is 3.09. The lowest BCUT2D eigenvalue weighted by Crippen LogP contribution is -2.41. The minimum absolute atomic E-state index is 0.0206.